The average molecular weight is 295 g/mol. The van der Waals surface area contributed by atoms with Gasteiger partial charge in [-0.25, -0.2) is 19.1 Å². The van der Waals surface area contributed by atoms with E-state index in [2.05, 4.69) is 23.9 Å². The van der Waals surface area contributed by atoms with Gasteiger partial charge in [0.15, 0.2) is 0 Å². The molecule has 2 rings (SSSR count). The first-order valence-corrected chi connectivity index (χ1v) is 9.23. The molecule has 20 heavy (non-hydrogen) atoms. The Bertz CT molecular complexity index is 655. The molecule has 0 unspecified atom stereocenters. The first-order valence-electron chi connectivity index (χ1n) is 6.20. The Hall–Kier alpha value is -1.58. The lowest BCUT2D eigenvalue weighted by molar-refractivity contribution is 0.0840. The van der Waals surface area contributed by atoms with E-state index in [0.717, 1.165) is 11.1 Å². The highest BCUT2D eigenvalue weighted by molar-refractivity contribution is 8.32. The fourth-order valence-electron chi connectivity index (χ4n) is 1.82. The van der Waals surface area contributed by atoms with Crippen molar-refractivity contribution >= 4 is 20.9 Å². The highest BCUT2D eigenvalue weighted by Crippen LogP contribution is 2.33. The summed E-state index contributed by atoms with van der Waals surface area (Å²) in [5, 5.41) is 14.0. The second kappa shape index (κ2) is 5.81. The fourth-order valence-corrected chi connectivity index (χ4v) is 2.44. The molecule has 1 aromatic carbocycles. The Labute approximate surface area is 119 Å². The minimum absolute atomic E-state index is 0.0186. The Balaban J connectivity index is 2.15. The van der Waals surface area contributed by atoms with Crippen LogP contribution in [-0.4, -0.2) is 40.9 Å². The lowest BCUT2D eigenvalue weighted by atomic mass is 10.1. The SMILES string of the molecule is CS(C)(C)CCOCn1ncc2ccc(F)c(C#N)c21. The maximum absolute atomic E-state index is 13.6. The van der Waals surface area contributed by atoms with Crippen LogP contribution in [0.15, 0.2) is 18.3 Å². The van der Waals surface area contributed by atoms with Crippen molar-refractivity contribution < 1.29 is 9.13 Å². The summed E-state index contributed by atoms with van der Waals surface area (Å²) < 4.78 is 20.7. The Morgan fingerprint density at radius 2 is 2.15 bits per heavy atom. The van der Waals surface area contributed by atoms with E-state index in [-0.39, 0.29) is 12.3 Å². The predicted octanol–water partition coefficient (Wildman–Crippen LogP) is 2.72. The number of nitrogens with zero attached hydrogens (tertiary/aromatic N) is 3. The van der Waals surface area contributed by atoms with E-state index in [4.69, 9.17) is 10.00 Å². The van der Waals surface area contributed by atoms with Crippen molar-refractivity contribution in [3.8, 4) is 6.07 Å². The van der Waals surface area contributed by atoms with Gasteiger partial charge in [0.1, 0.15) is 24.2 Å². The third-order valence-electron chi connectivity index (χ3n) is 2.92. The molecule has 0 saturated heterocycles. The second-order valence-electron chi connectivity index (χ2n) is 5.45. The molecule has 0 bridgehead atoms. The minimum Gasteiger partial charge on any atom is -0.358 e. The van der Waals surface area contributed by atoms with Crippen molar-refractivity contribution in [1.29, 1.82) is 5.26 Å². The summed E-state index contributed by atoms with van der Waals surface area (Å²) in [5.41, 5.74) is 0.514. The summed E-state index contributed by atoms with van der Waals surface area (Å²) in [4.78, 5) is 0. The second-order valence-corrected chi connectivity index (χ2v) is 10.0. The number of benzene rings is 1. The lowest BCUT2D eigenvalue weighted by Crippen LogP contribution is -2.11. The molecule has 0 spiro atoms. The van der Waals surface area contributed by atoms with Crippen molar-refractivity contribution in [3.05, 3.63) is 29.7 Å². The summed E-state index contributed by atoms with van der Waals surface area (Å²) in [5.74, 6) is 0.479. The molecule has 0 aliphatic heterocycles. The summed E-state index contributed by atoms with van der Waals surface area (Å²) in [6, 6.07) is 4.80. The smallest absolute Gasteiger partial charge is 0.143 e. The zero-order chi connectivity index (χ0) is 14.8. The van der Waals surface area contributed by atoms with Gasteiger partial charge < -0.3 is 4.74 Å². The monoisotopic (exact) mass is 295 g/mol. The quantitative estimate of drug-likeness (QED) is 0.797. The van der Waals surface area contributed by atoms with Crippen LogP contribution in [0, 0.1) is 17.1 Å². The molecule has 0 aliphatic carbocycles. The molecule has 0 N–H and O–H groups in total. The zero-order valence-electron chi connectivity index (χ0n) is 11.9. The van der Waals surface area contributed by atoms with Gasteiger partial charge in [0.25, 0.3) is 0 Å². The van der Waals surface area contributed by atoms with Gasteiger partial charge in [-0.3, -0.25) is 0 Å². The van der Waals surface area contributed by atoms with Gasteiger partial charge in [-0.1, -0.05) is 0 Å². The summed E-state index contributed by atoms with van der Waals surface area (Å²) in [6.45, 7) is 0.870. The predicted molar refractivity (Wildman–Crippen MR) is 80.6 cm³/mol. The third-order valence-corrected chi connectivity index (χ3v) is 4.31. The summed E-state index contributed by atoms with van der Waals surface area (Å²) in [7, 11) is -0.594. The maximum Gasteiger partial charge on any atom is 0.143 e. The molecule has 4 nitrogen and oxygen atoms in total. The molecule has 108 valence electrons. The molecular weight excluding hydrogens is 277 g/mol. The maximum atomic E-state index is 13.6. The minimum atomic E-state index is -0.594. The number of ether oxygens (including phenoxy) is 1. The van der Waals surface area contributed by atoms with Crippen LogP contribution in [0.4, 0.5) is 4.39 Å². The van der Waals surface area contributed by atoms with Gasteiger partial charge in [-0.2, -0.15) is 10.4 Å². The fraction of sp³-hybridized carbons (Fsp3) is 0.429. The standard InChI is InChI=1S/C14H18FN3OS/c1-20(2,3)7-6-19-10-18-14-11(9-17-18)4-5-13(15)12(14)8-16/h4-5,9H,6-7,10H2,1-3H3. The third kappa shape index (κ3) is 3.30. The highest BCUT2D eigenvalue weighted by atomic mass is 32.3. The molecule has 1 aromatic heterocycles. The van der Waals surface area contributed by atoms with E-state index < -0.39 is 15.8 Å². The summed E-state index contributed by atoms with van der Waals surface area (Å²) in [6.07, 6.45) is 8.29. The van der Waals surface area contributed by atoms with Gasteiger partial charge in [0, 0.05) is 11.1 Å². The van der Waals surface area contributed by atoms with Gasteiger partial charge in [-0.15, -0.1) is 0 Å². The number of fused-ring (bicyclic) bond motifs is 1. The van der Waals surface area contributed by atoms with Crippen LogP contribution >= 0.6 is 10.0 Å². The lowest BCUT2D eigenvalue weighted by Gasteiger charge is -2.24. The number of aromatic nitrogens is 2. The van der Waals surface area contributed by atoms with E-state index in [1.807, 2.05) is 6.07 Å². The first kappa shape index (κ1) is 14.8. The van der Waals surface area contributed by atoms with E-state index in [9.17, 15) is 4.39 Å². The van der Waals surface area contributed by atoms with Crippen LogP contribution in [0.2, 0.25) is 0 Å². The van der Waals surface area contributed by atoms with E-state index in [0.29, 0.717) is 12.1 Å². The Kier molecular flexibility index (Phi) is 4.31. The molecule has 2 aromatic rings. The van der Waals surface area contributed by atoms with Gasteiger partial charge >= 0.3 is 0 Å². The number of hydrogen-bond acceptors (Lipinski definition) is 3. The van der Waals surface area contributed by atoms with Gasteiger partial charge in [-0.05, 0) is 30.9 Å². The van der Waals surface area contributed by atoms with Crippen LogP contribution < -0.4 is 0 Å². The molecule has 0 atom stereocenters. The van der Waals surface area contributed by atoms with Crippen LogP contribution in [0.25, 0.3) is 10.9 Å². The van der Waals surface area contributed by atoms with E-state index in [1.54, 1.807) is 12.3 Å². The molecule has 6 heteroatoms. The molecule has 0 fully saturated rings. The van der Waals surface area contributed by atoms with Crippen molar-refractivity contribution in [2.45, 2.75) is 6.73 Å². The first-order chi connectivity index (χ1) is 9.42. The highest BCUT2D eigenvalue weighted by Gasteiger charge is 2.12. The molecule has 0 radical (unpaired) electrons. The Morgan fingerprint density at radius 1 is 1.40 bits per heavy atom. The molecule has 0 amide bonds. The molecule has 0 saturated carbocycles. The number of nitriles is 1. The Morgan fingerprint density at radius 3 is 2.80 bits per heavy atom. The van der Waals surface area contributed by atoms with Gasteiger partial charge in [0.2, 0.25) is 0 Å². The van der Waals surface area contributed by atoms with Gasteiger partial charge in [0.05, 0.1) is 18.3 Å². The van der Waals surface area contributed by atoms with Crippen molar-refractivity contribution in [3.63, 3.8) is 0 Å². The van der Waals surface area contributed by atoms with Crippen molar-refractivity contribution in [2.75, 3.05) is 31.1 Å². The molecule has 1 heterocycles. The van der Waals surface area contributed by atoms with Crippen LogP contribution in [-0.2, 0) is 11.5 Å². The number of halogens is 1. The normalized spacial score (nSPS) is 12.6. The van der Waals surface area contributed by atoms with E-state index in [1.165, 1.54) is 10.7 Å². The van der Waals surface area contributed by atoms with Crippen molar-refractivity contribution in [2.24, 2.45) is 0 Å². The number of hydrogen-bond donors (Lipinski definition) is 0. The van der Waals surface area contributed by atoms with E-state index >= 15 is 0 Å². The zero-order valence-corrected chi connectivity index (χ0v) is 12.7. The van der Waals surface area contributed by atoms with Crippen LogP contribution in [0.3, 0.4) is 0 Å². The average Bonchev–Trinajstić information content (AvgIpc) is 2.77. The largest absolute Gasteiger partial charge is 0.358 e. The topological polar surface area (TPSA) is 50.8 Å². The van der Waals surface area contributed by atoms with Crippen LogP contribution in [0.1, 0.15) is 5.56 Å². The molecular formula is C14H18FN3OS. The molecule has 0 aliphatic rings. The van der Waals surface area contributed by atoms with Crippen molar-refractivity contribution in [1.82, 2.24) is 9.78 Å². The number of rotatable bonds is 5. The summed E-state index contributed by atoms with van der Waals surface area (Å²) >= 11 is 0. The van der Waals surface area contributed by atoms with Crippen LogP contribution in [0.5, 0.6) is 0 Å².